The first-order valence-corrected chi connectivity index (χ1v) is 8.05. The molecule has 0 aliphatic carbocycles. The molecular formula is C18H20FN3O2. The van der Waals surface area contributed by atoms with Gasteiger partial charge in [-0.3, -0.25) is 4.79 Å². The van der Waals surface area contributed by atoms with E-state index in [-0.39, 0.29) is 24.2 Å². The van der Waals surface area contributed by atoms with Gasteiger partial charge in [0.05, 0.1) is 24.4 Å². The minimum Gasteiger partial charge on any atom is -0.376 e. The van der Waals surface area contributed by atoms with Crippen molar-refractivity contribution < 1.29 is 13.9 Å². The molecule has 1 amide bonds. The molecule has 24 heavy (non-hydrogen) atoms. The second-order valence-corrected chi connectivity index (χ2v) is 5.76. The van der Waals surface area contributed by atoms with Crippen LogP contribution < -0.4 is 10.6 Å². The van der Waals surface area contributed by atoms with Gasteiger partial charge in [-0.2, -0.15) is 0 Å². The van der Waals surface area contributed by atoms with Gasteiger partial charge in [0.15, 0.2) is 0 Å². The SMILES string of the molecule is O=C(Cc1ccccc1F)Nc1ccc(NCC2CCCO2)nc1. The number of aromatic nitrogens is 1. The summed E-state index contributed by atoms with van der Waals surface area (Å²) in [6.07, 6.45) is 3.99. The molecule has 126 valence electrons. The summed E-state index contributed by atoms with van der Waals surface area (Å²) < 4.78 is 19.1. The standard InChI is InChI=1S/C18H20FN3O2/c19-16-6-2-1-4-13(16)10-18(23)22-14-7-8-17(20-11-14)21-12-15-5-3-9-24-15/h1-2,4,6-8,11,15H,3,5,9-10,12H2,(H,20,21)(H,22,23). The molecular weight excluding hydrogens is 309 g/mol. The number of nitrogens with zero attached hydrogens (tertiary/aromatic N) is 1. The highest BCUT2D eigenvalue weighted by molar-refractivity contribution is 5.92. The van der Waals surface area contributed by atoms with Crippen LogP contribution in [0.2, 0.25) is 0 Å². The van der Waals surface area contributed by atoms with Crippen molar-refractivity contribution in [3.05, 3.63) is 54.0 Å². The number of hydrogen-bond donors (Lipinski definition) is 2. The van der Waals surface area contributed by atoms with Gasteiger partial charge in [0.25, 0.3) is 0 Å². The number of ether oxygens (including phenoxy) is 1. The molecule has 1 fully saturated rings. The average Bonchev–Trinajstić information content (AvgIpc) is 3.10. The van der Waals surface area contributed by atoms with E-state index in [1.54, 1.807) is 36.5 Å². The fourth-order valence-corrected chi connectivity index (χ4v) is 2.62. The van der Waals surface area contributed by atoms with Crippen molar-refractivity contribution >= 4 is 17.4 Å². The van der Waals surface area contributed by atoms with Crippen molar-refractivity contribution in [1.82, 2.24) is 4.98 Å². The van der Waals surface area contributed by atoms with Crippen molar-refractivity contribution in [3.8, 4) is 0 Å². The maximum atomic E-state index is 13.5. The van der Waals surface area contributed by atoms with Crippen molar-refractivity contribution in [2.75, 3.05) is 23.8 Å². The number of rotatable bonds is 6. The molecule has 0 radical (unpaired) electrons. The highest BCUT2D eigenvalue weighted by Gasteiger charge is 2.15. The fourth-order valence-electron chi connectivity index (χ4n) is 2.62. The summed E-state index contributed by atoms with van der Waals surface area (Å²) in [5, 5.41) is 5.94. The minimum absolute atomic E-state index is 0.00824. The summed E-state index contributed by atoms with van der Waals surface area (Å²) in [6, 6.07) is 9.83. The Bertz CT molecular complexity index is 685. The predicted molar refractivity (Wildman–Crippen MR) is 90.4 cm³/mol. The number of pyridine rings is 1. The van der Waals surface area contributed by atoms with Crippen LogP contribution in [0.1, 0.15) is 18.4 Å². The van der Waals surface area contributed by atoms with Gasteiger partial charge in [-0.15, -0.1) is 0 Å². The number of benzene rings is 1. The fraction of sp³-hybridized carbons (Fsp3) is 0.333. The smallest absolute Gasteiger partial charge is 0.228 e. The van der Waals surface area contributed by atoms with E-state index < -0.39 is 0 Å². The van der Waals surface area contributed by atoms with Crippen molar-refractivity contribution in [2.24, 2.45) is 0 Å². The molecule has 0 spiro atoms. The lowest BCUT2D eigenvalue weighted by Gasteiger charge is -2.11. The van der Waals surface area contributed by atoms with E-state index in [4.69, 9.17) is 4.74 Å². The number of anilines is 2. The van der Waals surface area contributed by atoms with E-state index >= 15 is 0 Å². The first-order valence-electron chi connectivity index (χ1n) is 8.05. The number of amides is 1. The van der Waals surface area contributed by atoms with Gasteiger partial charge in [-0.25, -0.2) is 9.37 Å². The van der Waals surface area contributed by atoms with E-state index in [0.717, 1.165) is 31.8 Å². The van der Waals surface area contributed by atoms with Gasteiger partial charge in [-0.05, 0) is 36.6 Å². The van der Waals surface area contributed by atoms with E-state index in [0.29, 0.717) is 11.3 Å². The van der Waals surface area contributed by atoms with Gasteiger partial charge < -0.3 is 15.4 Å². The topological polar surface area (TPSA) is 63.2 Å². The maximum absolute atomic E-state index is 13.5. The van der Waals surface area contributed by atoms with E-state index in [2.05, 4.69) is 15.6 Å². The lowest BCUT2D eigenvalue weighted by Crippen LogP contribution is -2.19. The summed E-state index contributed by atoms with van der Waals surface area (Å²) in [5.41, 5.74) is 0.955. The molecule has 0 saturated carbocycles. The molecule has 2 N–H and O–H groups in total. The summed E-state index contributed by atoms with van der Waals surface area (Å²) in [7, 11) is 0. The number of carbonyl (C=O) groups excluding carboxylic acids is 1. The Morgan fingerprint density at radius 2 is 2.17 bits per heavy atom. The summed E-state index contributed by atoms with van der Waals surface area (Å²) >= 11 is 0. The Balaban J connectivity index is 1.50. The third kappa shape index (κ3) is 4.52. The molecule has 1 unspecified atom stereocenters. The molecule has 2 heterocycles. The number of carbonyl (C=O) groups is 1. The van der Waals surface area contributed by atoms with Crippen LogP contribution in [0.3, 0.4) is 0 Å². The zero-order chi connectivity index (χ0) is 16.8. The third-order valence-electron chi connectivity index (χ3n) is 3.89. The molecule has 1 atom stereocenters. The molecule has 0 bridgehead atoms. The Morgan fingerprint density at radius 3 is 2.88 bits per heavy atom. The molecule has 6 heteroatoms. The second-order valence-electron chi connectivity index (χ2n) is 5.76. The van der Waals surface area contributed by atoms with Crippen LogP contribution in [-0.2, 0) is 16.0 Å². The lowest BCUT2D eigenvalue weighted by atomic mass is 10.1. The second kappa shape index (κ2) is 7.88. The van der Waals surface area contributed by atoms with Crippen LogP contribution in [0.15, 0.2) is 42.6 Å². The van der Waals surface area contributed by atoms with Gasteiger partial charge in [0.2, 0.25) is 5.91 Å². The summed E-state index contributed by atoms with van der Waals surface area (Å²) in [6.45, 7) is 1.55. The molecule has 2 aromatic rings. The Labute approximate surface area is 140 Å². The Morgan fingerprint density at radius 1 is 1.29 bits per heavy atom. The van der Waals surface area contributed by atoms with Gasteiger partial charge in [0, 0.05) is 13.2 Å². The summed E-state index contributed by atoms with van der Waals surface area (Å²) in [4.78, 5) is 16.2. The molecule has 5 nitrogen and oxygen atoms in total. The number of nitrogens with one attached hydrogen (secondary N) is 2. The highest BCUT2D eigenvalue weighted by atomic mass is 19.1. The van der Waals surface area contributed by atoms with E-state index in [1.807, 2.05) is 0 Å². The minimum atomic E-state index is -0.376. The Hall–Kier alpha value is -2.47. The largest absolute Gasteiger partial charge is 0.376 e. The van der Waals surface area contributed by atoms with Crippen LogP contribution in [0.4, 0.5) is 15.9 Å². The van der Waals surface area contributed by atoms with Crippen LogP contribution in [-0.4, -0.2) is 30.1 Å². The highest BCUT2D eigenvalue weighted by Crippen LogP contribution is 2.15. The number of hydrogen-bond acceptors (Lipinski definition) is 4. The Kier molecular flexibility index (Phi) is 5.38. The molecule has 1 aromatic carbocycles. The van der Waals surface area contributed by atoms with E-state index in [9.17, 15) is 9.18 Å². The van der Waals surface area contributed by atoms with Crippen molar-refractivity contribution in [2.45, 2.75) is 25.4 Å². The van der Waals surface area contributed by atoms with Crippen molar-refractivity contribution in [3.63, 3.8) is 0 Å². The van der Waals surface area contributed by atoms with Crippen LogP contribution in [0.5, 0.6) is 0 Å². The first-order chi connectivity index (χ1) is 11.7. The lowest BCUT2D eigenvalue weighted by molar-refractivity contribution is -0.115. The first kappa shape index (κ1) is 16.4. The van der Waals surface area contributed by atoms with E-state index in [1.165, 1.54) is 6.07 Å². The number of halogens is 1. The van der Waals surface area contributed by atoms with Crippen LogP contribution >= 0.6 is 0 Å². The third-order valence-corrected chi connectivity index (χ3v) is 3.89. The summed E-state index contributed by atoms with van der Waals surface area (Å²) in [5.74, 6) is 0.0824. The molecule has 1 aliphatic heterocycles. The molecule has 3 rings (SSSR count). The van der Waals surface area contributed by atoms with Crippen LogP contribution in [0.25, 0.3) is 0 Å². The van der Waals surface area contributed by atoms with Crippen LogP contribution in [0, 0.1) is 5.82 Å². The zero-order valence-corrected chi connectivity index (χ0v) is 13.3. The molecule has 1 saturated heterocycles. The van der Waals surface area contributed by atoms with Crippen molar-refractivity contribution in [1.29, 1.82) is 0 Å². The molecule has 1 aromatic heterocycles. The normalized spacial score (nSPS) is 16.8. The molecule has 1 aliphatic rings. The quantitative estimate of drug-likeness (QED) is 0.855. The average molecular weight is 329 g/mol. The maximum Gasteiger partial charge on any atom is 0.228 e. The van der Waals surface area contributed by atoms with Gasteiger partial charge >= 0.3 is 0 Å². The van der Waals surface area contributed by atoms with Gasteiger partial charge in [-0.1, -0.05) is 18.2 Å². The monoisotopic (exact) mass is 329 g/mol. The van der Waals surface area contributed by atoms with Gasteiger partial charge in [0.1, 0.15) is 11.6 Å². The zero-order valence-electron chi connectivity index (χ0n) is 13.3. The predicted octanol–water partition coefficient (Wildman–Crippen LogP) is 2.99.